The van der Waals surface area contributed by atoms with E-state index in [4.69, 9.17) is 0 Å². The number of halogens is 1. The zero-order chi connectivity index (χ0) is 23.4. The fraction of sp³-hybridized carbons (Fsp3) is 0.423. The fourth-order valence-corrected chi connectivity index (χ4v) is 4.61. The highest BCUT2D eigenvalue weighted by molar-refractivity contribution is 5.95. The van der Waals surface area contributed by atoms with Gasteiger partial charge in [0.15, 0.2) is 0 Å². The van der Waals surface area contributed by atoms with Gasteiger partial charge in [0.05, 0.1) is 11.5 Å². The number of rotatable bonds is 4. The smallest absolute Gasteiger partial charge is 0.256 e. The molecule has 1 N–H and O–H groups in total. The molecule has 0 bridgehead atoms. The van der Waals surface area contributed by atoms with Gasteiger partial charge in [0, 0.05) is 37.8 Å². The van der Waals surface area contributed by atoms with E-state index in [-0.39, 0.29) is 35.2 Å². The Bertz CT molecular complexity index is 1020. The molecular formula is C26H30FN3O3. The lowest BCUT2D eigenvalue weighted by Crippen LogP contribution is -2.50. The number of hydrogen-bond acceptors (Lipinski definition) is 3. The first kappa shape index (κ1) is 23.0. The van der Waals surface area contributed by atoms with Crippen molar-refractivity contribution in [1.29, 1.82) is 0 Å². The van der Waals surface area contributed by atoms with Gasteiger partial charge in [-0.2, -0.15) is 0 Å². The summed E-state index contributed by atoms with van der Waals surface area (Å²) in [4.78, 5) is 41.8. The highest BCUT2D eigenvalue weighted by Gasteiger charge is 2.31. The van der Waals surface area contributed by atoms with Gasteiger partial charge in [-0.15, -0.1) is 0 Å². The van der Waals surface area contributed by atoms with E-state index >= 15 is 0 Å². The summed E-state index contributed by atoms with van der Waals surface area (Å²) in [5.41, 5.74) is 1.83. The minimum atomic E-state index is -0.514. The van der Waals surface area contributed by atoms with Crippen LogP contribution in [0.5, 0.6) is 0 Å². The zero-order valence-corrected chi connectivity index (χ0v) is 18.9. The second kappa shape index (κ2) is 10.1. The van der Waals surface area contributed by atoms with Crippen LogP contribution in [-0.2, 0) is 4.79 Å². The van der Waals surface area contributed by atoms with Gasteiger partial charge in [-0.1, -0.05) is 29.8 Å². The molecule has 2 heterocycles. The molecule has 7 heteroatoms. The number of nitrogens with zero attached hydrogens (tertiary/aromatic N) is 2. The third-order valence-corrected chi connectivity index (χ3v) is 6.61. The van der Waals surface area contributed by atoms with E-state index in [1.165, 1.54) is 12.1 Å². The molecule has 2 aromatic rings. The number of carbonyl (C=O) groups excluding carboxylic acids is 3. The average molecular weight is 452 g/mol. The molecule has 1 atom stereocenters. The van der Waals surface area contributed by atoms with Crippen molar-refractivity contribution in [3.63, 3.8) is 0 Å². The Morgan fingerprint density at radius 3 is 2.27 bits per heavy atom. The Labute approximate surface area is 193 Å². The molecule has 0 aliphatic carbocycles. The number of nitrogens with one attached hydrogen (secondary N) is 1. The van der Waals surface area contributed by atoms with Crippen LogP contribution >= 0.6 is 0 Å². The predicted octanol–water partition coefficient (Wildman–Crippen LogP) is 3.41. The van der Waals surface area contributed by atoms with Crippen molar-refractivity contribution in [1.82, 2.24) is 15.1 Å². The van der Waals surface area contributed by atoms with E-state index in [2.05, 4.69) is 5.32 Å². The van der Waals surface area contributed by atoms with Crippen LogP contribution in [0.1, 0.15) is 52.0 Å². The average Bonchev–Trinajstić information content (AvgIpc) is 2.84. The van der Waals surface area contributed by atoms with Crippen LogP contribution in [0.15, 0.2) is 48.5 Å². The summed E-state index contributed by atoms with van der Waals surface area (Å²) in [5.74, 6) is -1.12. The van der Waals surface area contributed by atoms with Gasteiger partial charge < -0.3 is 15.1 Å². The quantitative estimate of drug-likeness (QED) is 0.775. The maximum absolute atomic E-state index is 13.9. The Kier molecular flexibility index (Phi) is 7.06. The van der Waals surface area contributed by atoms with E-state index < -0.39 is 5.82 Å². The SMILES string of the molecule is Cc1ccc(C(=O)N2CCCC(C(=O)NC3CCN(C(=O)c4ccccc4F)CC3)C2)cc1. The molecular weight excluding hydrogens is 421 g/mol. The molecule has 0 aromatic heterocycles. The third-order valence-electron chi connectivity index (χ3n) is 6.61. The fourth-order valence-electron chi connectivity index (χ4n) is 4.61. The maximum Gasteiger partial charge on any atom is 0.256 e. The Balaban J connectivity index is 1.28. The summed E-state index contributed by atoms with van der Waals surface area (Å²) in [6.07, 6.45) is 2.81. The highest BCUT2D eigenvalue weighted by atomic mass is 19.1. The van der Waals surface area contributed by atoms with Crippen molar-refractivity contribution in [2.24, 2.45) is 5.92 Å². The molecule has 0 spiro atoms. The van der Waals surface area contributed by atoms with E-state index in [0.717, 1.165) is 18.4 Å². The van der Waals surface area contributed by atoms with Gasteiger partial charge in [-0.25, -0.2) is 4.39 Å². The number of benzene rings is 2. The summed E-state index contributed by atoms with van der Waals surface area (Å²) >= 11 is 0. The molecule has 0 saturated carbocycles. The molecule has 3 amide bonds. The molecule has 6 nitrogen and oxygen atoms in total. The van der Waals surface area contributed by atoms with Gasteiger partial charge in [0.1, 0.15) is 5.82 Å². The lowest BCUT2D eigenvalue weighted by Gasteiger charge is -2.35. The molecule has 2 aliphatic heterocycles. The lowest BCUT2D eigenvalue weighted by molar-refractivity contribution is -0.127. The van der Waals surface area contributed by atoms with Crippen LogP contribution < -0.4 is 5.32 Å². The molecule has 2 fully saturated rings. The lowest BCUT2D eigenvalue weighted by atomic mass is 9.95. The summed E-state index contributed by atoms with van der Waals surface area (Å²) < 4.78 is 13.9. The number of amides is 3. The zero-order valence-electron chi connectivity index (χ0n) is 18.9. The van der Waals surface area contributed by atoms with Gasteiger partial charge in [-0.05, 0) is 56.9 Å². The molecule has 33 heavy (non-hydrogen) atoms. The Morgan fingerprint density at radius 2 is 1.58 bits per heavy atom. The number of hydrogen-bond donors (Lipinski definition) is 1. The number of piperidine rings is 2. The van der Waals surface area contributed by atoms with E-state index in [1.54, 1.807) is 21.9 Å². The molecule has 1 unspecified atom stereocenters. The van der Waals surface area contributed by atoms with Crippen LogP contribution in [0.3, 0.4) is 0 Å². The van der Waals surface area contributed by atoms with Crippen molar-refractivity contribution in [3.8, 4) is 0 Å². The number of aryl methyl sites for hydroxylation is 1. The molecule has 2 aromatic carbocycles. The minimum Gasteiger partial charge on any atom is -0.353 e. The van der Waals surface area contributed by atoms with Gasteiger partial charge in [0.25, 0.3) is 11.8 Å². The first-order valence-electron chi connectivity index (χ1n) is 11.6. The van der Waals surface area contributed by atoms with Crippen LogP contribution in [0.25, 0.3) is 0 Å². The Morgan fingerprint density at radius 1 is 0.879 bits per heavy atom. The van der Waals surface area contributed by atoms with E-state index in [9.17, 15) is 18.8 Å². The topological polar surface area (TPSA) is 69.7 Å². The largest absolute Gasteiger partial charge is 0.353 e. The summed E-state index contributed by atoms with van der Waals surface area (Å²) in [6, 6.07) is 13.5. The number of likely N-dealkylation sites (tertiary alicyclic amines) is 2. The van der Waals surface area contributed by atoms with Crippen LogP contribution in [0.2, 0.25) is 0 Å². The van der Waals surface area contributed by atoms with E-state index in [0.29, 0.717) is 44.6 Å². The van der Waals surface area contributed by atoms with Crippen molar-refractivity contribution in [2.45, 2.75) is 38.6 Å². The predicted molar refractivity (Wildman–Crippen MR) is 123 cm³/mol. The van der Waals surface area contributed by atoms with Crippen molar-refractivity contribution in [2.75, 3.05) is 26.2 Å². The summed E-state index contributed by atoms with van der Waals surface area (Å²) in [5, 5.41) is 3.12. The molecule has 174 valence electrons. The second-order valence-electron chi connectivity index (χ2n) is 9.01. The summed E-state index contributed by atoms with van der Waals surface area (Å²) in [7, 11) is 0. The van der Waals surface area contributed by atoms with Crippen LogP contribution in [-0.4, -0.2) is 59.7 Å². The third kappa shape index (κ3) is 5.41. The van der Waals surface area contributed by atoms with Crippen molar-refractivity contribution >= 4 is 17.7 Å². The highest BCUT2D eigenvalue weighted by Crippen LogP contribution is 2.21. The van der Waals surface area contributed by atoms with Crippen molar-refractivity contribution < 1.29 is 18.8 Å². The van der Waals surface area contributed by atoms with Crippen molar-refractivity contribution in [3.05, 3.63) is 71.0 Å². The van der Waals surface area contributed by atoms with Gasteiger partial charge >= 0.3 is 0 Å². The van der Waals surface area contributed by atoms with Gasteiger partial charge in [0.2, 0.25) is 5.91 Å². The maximum atomic E-state index is 13.9. The second-order valence-corrected chi connectivity index (χ2v) is 9.01. The standard InChI is InChI=1S/C26H30FN3O3/c1-18-8-10-19(11-9-18)25(32)30-14-4-5-20(17-30)24(31)28-21-12-15-29(16-13-21)26(33)22-6-2-3-7-23(22)27/h2-3,6-11,20-21H,4-5,12-17H2,1H3,(H,28,31). The minimum absolute atomic E-state index is 0.0228. The molecule has 2 aliphatic rings. The van der Waals surface area contributed by atoms with E-state index in [1.807, 2.05) is 31.2 Å². The number of carbonyl (C=O) groups is 3. The van der Waals surface area contributed by atoms with Crippen LogP contribution in [0, 0.1) is 18.7 Å². The summed E-state index contributed by atoms with van der Waals surface area (Å²) in [6.45, 7) is 4.01. The van der Waals surface area contributed by atoms with Crippen LogP contribution in [0.4, 0.5) is 4.39 Å². The van der Waals surface area contributed by atoms with Gasteiger partial charge in [-0.3, -0.25) is 14.4 Å². The molecule has 4 rings (SSSR count). The molecule has 0 radical (unpaired) electrons. The molecule has 2 saturated heterocycles. The normalized spacial score (nSPS) is 19.3. The first-order valence-corrected chi connectivity index (χ1v) is 11.6. The monoisotopic (exact) mass is 451 g/mol. The Hall–Kier alpha value is -3.22. The first-order chi connectivity index (χ1) is 15.9.